The second-order valence-electron chi connectivity index (χ2n) is 12.6. The number of likely N-dealkylation sites (tertiary alicyclic amines) is 2. The van der Waals surface area contributed by atoms with Gasteiger partial charge in [-0.2, -0.15) is 13.2 Å². The predicted molar refractivity (Wildman–Crippen MR) is 147 cm³/mol. The maximum absolute atomic E-state index is 15.2. The van der Waals surface area contributed by atoms with Gasteiger partial charge in [-0.1, -0.05) is 0 Å². The molecule has 2 aromatic carbocycles. The van der Waals surface area contributed by atoms with Crippen LogP contribution in [-0.4, -0.2) is 65.2 Å². The zero-order chi connectivity index (χ0) is 31.3. The number of ether oxygens (including phenoxy) is 1. The Morgan fingerprint density at radius 3 is 2.20 bits per heavy atom. The van der Waals surface area contributed by atoms with Crippen LogP contribution < -0.4 is 4.74 Å². The van der Waals surface area contributed by atoms with Crippen molar-refractivity contribution in [2.24, 2.45) is 5.92 Å². The lowest BCUT2D eigenvalue weighted by Gasteiger charge is -2.32. The van der Waals surface area contributed by atoms with Gasteiger partial charge in [0.05, 0.1) is 24.3 Å². The van der Waals surface area contributed by atoms with E-state index in [1.165, 1.54) is 6.07 Å². The minimum Gasteiger partial charge on any atom is -0.493 e. The summed E-state index contributed by atoms with van der Waals surface area (Å²) in [6.45, 7) is 1.01. The molecule has 0 radical (unpaired) electrons. The maximum Gasteiger partial charge on any atom is 0.416 e. The number of rotatable bonds is 9. The molecule has 2 saturated heterocycles. The van der Waals surface area contributed by atoms with Gasteiger partial charge in [-0.25, -0.2) is 18.0 Å². The van der Waals surface area contributed by atoms with Crippen molar-refractivity contribution in [1.29, 1.82) is 0 Å². The number of benzene rings is 2. The highest BCUT2D eigenvalue weighted by Gasteiger charge is 2.42. The van der Waals surface area contributed by atoms with E-state index in [1.54, 1.807) is 0 Å². The smallest absolute Gasteiger partial charge is 0.416 e. The Morgan fingerprint density at radius 2 is 1.59 bits per heavy atom. The van der Waals surface area contributed by atoms with Gasteiger partial charge in [-0.05, 0) is 98.7 Å². The molecule has 2 atom stereocenters. The second kappa shape index (κ2) is 11.9. The van der Waals surface area contributed by atoms with Crippen LogP contribution in [0.25, 0.3) is 0 Å². The van der Waals surface area contributed by atoms with Crippen molar-refractivity contribution in [3.8, 4) is 5.75 Å². The van der Waals surface area contributed by atoms with Crippen molar-refractivity contribution < 1.29 is 45.8 Å². The van der Waals surface area contributed by atoms with Crippen molar-refractivity contribution >= 4 is 11.9 Å². The summed E-state index contributed by atoms with van der Waals surface area (Å²) in [6, 6.07) is 3.05. The zero-order valence-corrected chi connectivity index (χ0v) is 24.0. The Kier molecular flexibility index (Phi) is 8.32. The maximum atomic E-state index is 15.2. The Bertz CT molecular complexity index is 1430. The highest BCUT2D eigenvalue weighted by Crippen LogP contribution is 2.46. The van der Waals surface area contributed by atoms with Gasteiger partial charge in [-0.3, -0.25) is 9.69 Å². The van der Waals surface area contributed by atoms with E-state index in [0.29, 0.717) is 50.1 Å². The zero-order valence-electron chi connectivity index (χ0n) is 24.0. The van der Waals surface area contributed by atoms with Crippen LogP contribution in [-0.2, 0) is 17.5 Å². The van der Waals surface area contributed by atoms with Gasteiger partial charge in [0.1, 0.15) is 29.6 Å². The summed E-state index contributed by atoms with van der Waals surface area (Å²) in [6.07, 6.45) is -2.03. The van der Waals surface area contributed by atoms with Crippen molar-refractivity contribution in [1.82, 2.24) is 9.80 Å². The molecular weight excluding hydrogens is 590 g/mol. The molecular formula is C32H34F6N2O4. The fourth-order valence-corrected chi connectivity index (χ4v) is 6.41. The topological polar surface area (TPSA) is 70.1 Å². The van der Waals surface area contributed by atoms with Gasteiger partial charge in [0.2, 0.25) is 0 Å². The van der Waals surface area contributed by atoms with Crippen LogP contribution >= 0.6 is 0 Å². The summed E-state index contributed by atoms with van der Waals surface area (Å²) in [5, 5.41) is 9.40. The van der Waals surface area contributed by atoms with Crippen LogP contribution in [0.2, 0.25) is 0 Å². The number of carboxylic acid groups (broad SMARTS) is 1. The summed E-state index contributed by atoms with van der Waals surface area (Å²) in [5.41, 5.74) is -0.264. The van der Waals surface area contributed by atoms with Gasteiger partial charge in [0.15, 0.2) is 0 Å². The molecule has 0 aromatic heterocycles. The average molecular weight is 625 g/mol. The third kappa shape index (κ3) is 6.55. The fourth-order valence-electron chi connectivity index (χ4n) is 6.41. The van der Waals surface area contributed by atoms with Crippen LogP contribution in [0, 0.1) is 17.6 Å². The quantitative estimate of drug-likeness (QED) is 0.316. The number of carboxylic acids is 1. The highest BCUT2D eigenvalue weighted by molar-refractivity contribution is 5.97. The van der Waals surface area contributed by atoms with Crippen LogP contribution in [0.4, 0.5) is 26.3 Å². The minimum atomic E-state index is -4.55. The molecule has 0 spiro atoms. The molecule has 2 aliphatic heterocycles. The Morgan fingerprint density at radius 1 is 0.932 bits per heavy atom. The number of amides is 1. The van der Waals surface area contributed by atoms with E-state index in [0.717, 1.165) is 35.9 Å². The fraction of sp³-hybridized carbons (Fsp3) is 0.562. The lowest BCUT2D eigenvalue weighted by Crippen LogP contribution is -2.41. The molecule has 6 rings (SSSR count). The lowest BCUT2D eigenvalue weighted by molar-refractivity contribution is -0.141. The van der Waals surface area contributed by atoms with Gasteiger partial charge in [-0.15, -0.1) is 0 Å². The van der Waals surface area contributed by atoms with E-state index in [1.807, 2.05) is 4.90 Å². The number of nitrogens with zero attached hydrogens (tertiary/aromatic N) is 2. The normalized spacial score (nSPS) is 23.3. The SMILES string of the molecule is O=C(O)[C@@H]1C[C@@H](F)CN1C(=O)c1cc(C2CC2)c(OCC2CCN(Cc3cc(C(F)(F)F)cc(C4CC4)c3F)CC2)cc1F. The lowest BCUT2D eigenvalue weighted by atomic mass is 9.96. The first-order chi connectivity index (χ1) is 20.9. The number of hydrogen-bond donors (Lipinski definition) is 1. The number of halogens is 6. The van der Waals surface area contributed by atoms with Gasteiger partial charge < -0.3 is 14.7 Å². The largest absolute Gasteiger partial charge is 0.493 e. The summed E-state index contributed by atoms with van der Waals surface area (Å²) in [7, 11) is 0. The standard InChI is InChI=1S/C32H34F6N2O4/c33-22-11-27(31(42)43)40(15-22)30(41)25-12-23(18-1-2-18)28(13-26(25)34)44-16-17-5-7-39(8-6-17)14-20-9-21(32(36,37)38)10-24(29(20)35)19-3-4-19/h9-10,12-13,17-19,22,27H,1-8,11,14-16H2,(H,42,43)/t22-,27+/m1/s1. The second-order valence-corrected chi connectivity index (χ2v) is 12.6. The summed E-state index contributed by atoms with van der Waals surface area (Å²) >= 11 is 0. The van der Waals surface area contributed by atoms with E-state index >= 15 is 8.78 Å². The molecule has 238 valence electrons. The van der Waals surface area contributed by atoms with Crippen molar-refractivity contribution in [3.05, 3.63) is 63.7 Å². The van der Waals surface area contributed by atoms with Gasteiger partial charge in [0, 0.05) is 24.6 Å². The molecule has 44 heavy (non-hydrogen) atoms. The van der Waals surface area contributed by atoms with Crippen LogP contribution in [0.3, 0.4) is 0 Å². The van der Waals surface area contributed by atoms with E-state index in [-0.39, 0.29) is 54.0 Å². The summed E-state index contributed by atoms with van der Waals surface area (Å²) in [4.78, 5) is 27.4. The molecule has 6 nitrogen and oxygen atoms in total. The summed E-state index contributed by atoms with van der Waals surface area (Å²) in [5.74, 6) is -3.31. The molecule has 4 fully saturated rings. The number of piperidine rings is 1. The van der Waals surface area contributed by atoms with E-state index in [2.05, 4.69) is 0 Å². The molecule has 0 unspecified atom stereocenters. The molecule has 2 saturated carbocycles. The first-order valence-electron chi connectivity index (χ1n) is 15.1. The van der Waals surface area contributed by atoms with Gasteiger partial charge in [0.25, 0.3) is 5.91 Å². The average Bonchev–Trinajstić information content (AvgIpc) is 3.91. The summed E-state index contributed by atoms with van der Waals surface area (Å²) < 4.78 is 90.8. The number of aliphatic carboxylic acids is 1. The Hall–Kier alpha value is -3.28. The first-order valence-corrected chi connectivity index (χ1v) is 15.1. The monoisotopic (exact) mass is 624 g/mol. The Balaban J connectivity index is 1.09. The number of hydrogen-bond acceptors (Lipinski definition) is 4. The molecule has 4 aliphatic rings. The third-order valence-electron chi connectivity index (χ3n) is 9.24. The molecule has 0 bridgehead atoms. The number of carbonyl (C=O) groups is 2. The van der Waals surface area contributed by atoms with Crippen molar-refractivity contribution in [2.75, 3.05) is 26.2 Å². The van der Waals surface area contributed by atoms with E-state index in [9.17, 15) is 32.3 Å². The van der Waals surface area contributed by atoms with Crippen LogP contribution in [0.1, 0.15) is 89.4 Å². The molecule has 2 heterocycles. The van der Waals surface area contributed by atoms with Crippen molar-refractivity contribution in [3.63, 3.8) is 0 Å². The number of alkyl halides is 4. The molecule has 2 aromatic rings. The minimum absolute atomic E-state index is 0.0567. The van der Waals surface area contributed by atoms with Gasteiger partial charge >= 0.3 is 12.1 Å². The molecule has 1 amide bonds. The molecule has 1 N–H and O–H groups in total. The molecule has 12 heteroatoms. The van der Waals surface area contributed by atoms with E-state index in [4.69, 9.17) is 4.74 Å². The van der Waals surface area contributed by atoms with Crippen molar-refractivity contribution in [2.45, 2.75) is 81.7 Å². The van der Waals surface area contributed by atoms with E-state index < -0.39 is 54.0 Å². The highest BCUT2D eigenvalue weighted by atomic mass is 19.4. The predicted octanol–water partition coefficient (Wildman–Crippen LogP) is 6.67. The molecule has 2 aliphatic carbocycles. The third-order valence-corrected chi connectivity index (χ3v) is 9.24. The Labute approximate surface area is 251 Å². The van der Waals surface area contributed by atoms with Crippen LogP contribution in [0.5, 0.6) is 5.75 Å². The first kappa shape index (κ1) is 30.7. The number of carbonyl (C=O) groups excluding carboxylic acids is 1. The van der Waals surface area contributed by atoms with Crippen LogP contribution in [0.15, 0.2) is 24.3 Å².